The number of halogens is 1. The van der Waals surface area contributed by atoms with E-state index in [0.29, 0.717) is 22.2 Å². The van der Waals surface area contributed by atoms with Gasteiger partial charge in [-0.15, -0.1) is 0 Å². The summed E-state index contributed by atoms with van der Waals surface area (Å²) in [5.41, 5.74) is 0.492. The largest absolute Gasteiger partial charge is 0.480 e. The monoisotopic (exact) mass is 325 g/mol. The van der Waals surface area contributed by atoms with E-state index in [1.54, 1.807) is 25.1 Å². The standard InChI is InChI=1S/C13H12BrNO4/c1-2-18-13(17)9-6-15-11-8(12(9)16)4-3-5-10(11)19-7-14/h3-6H,2,7H2,1H3,(H,15,16). The summed E-state index contributed by atoms with van der Waals surface area (Å²) in [5.74, 6) is -0.0839. The number of hydrogen-bond donors (Lipinski definition) is 1. The highest BCUT2D eigenvalue weighted by Gasteiger charge is 2.15. The van der Waals surface area contributed by atoms with Crippen molar-refractivity contribution in [3.05, 3.63) is 40.2 Å². The fraction of sp³-hybridized carbons (Fsp3) is 0.231. The van der Waals surface area contributed by atoms with Crippen LogP contribution in [0.4, 0.5) is 0 Å². The number of alkyl halides is 1. The molecule has 0 saturated heterocycles. The number of rotatable bonds is 4. The summed E-state index contributed by atoms with van der Waals surface area (Å²) in [4.78, 5) is 26.8. The zero-order valence-electron chi connectivity index (χ0n) is 10.2. The lowest BCUT2D eigenvalue weighted by Gasteiger charge is -2.07. The number of carbonyl (C=O) groups excluding carboxylic acids is 1. The molecule has 0 bridgehead atoms. The first kappa shape index (κ1) is 13.6. The van der Waals surface area contributed by atoms with Crippen LogP contribution in [0.25, 0.3) is 10.9 Å². The van der Waals surface area contributed by atoms with Gasteiger partial charge >= 0.3 is 5.97 Å². The van der Waals surface area contributed by atoms with Crippen molar-refractivity contribution in [2.75, 3.05) is 12.1 Å². The SMILES string of the molecule is CCOC(=O)c1c[nH]c2c(OCBr)cccc2c1=O. The molecule has 0 saturated carbocycles. The second-order valence-corrected chi connectivity index (χ2v) is 4.14. The summed E-state index contributed by atoms with van der Waals surface area (Å²) in [6.45, 7) is 1.91. The molecular formula is C13H12BrNO4. The molecule has 0 spiro atoms. The molecule has 1 N–H and O–H groups in total. The van der Waals surface area contributed by atoms with Crippen LogP contribution in [0.2, 0.25) is 0 Å². The van der Waals surface area contributed by atoms with Gasteiger partial charge in [0.15, 0.2) is 0 Å². The molecule has 0 amide bonds. The van der Waals surface area contributed by atoms with E-state index in [1.165, 1.54) is 6.20 Å². The number of fused-ring (bicyclic) bond motifs is 1. The van der Waals surface area contributed by atoms with Crippen molar-refractivity contribution in [2.24, 2.45) is 0 Å². The quantitative estimate of drug-likeness (QED) is 0.692. The fourth-order valence-corrected chi connectivity index (χ4v) is 2.01. The fourth-order valence-electron chi connectivity index (χ4n) is 1.76. The lowest BCUT2D eigenvalue weighted by molar-refractivity contribution is 0.0524. The van der Waals surface area contributed by atoms with Crippen LogP contribution in [-0.4, -0.2) is 23.1 Å². The molecule has 0 aliphatic heterocycles. The van der Waals surface area contributed by atoms with Gasteiger partial charge in [-0.05, 0) is 35.0 Å². The van der Waals surface area contributed by atoms with Gasteiger partial charge in [-0.1, -0.05) is 6.07 Å². The van der Waals surface area contributed by atoms with Crippen molar-refractivity contribution < 1.29 is 14.3 Å². The Bertz CT molecular complexity index is 665. The van der Waals surface area contributed by atoms with E-state index in [1.807, 2.05) is 0 Å². The zero-order chi connectivity index (χ0) is 13.8. The molecule has 1 aromatic heterocycles. The van der Waals surface area contributed by atoms with E-state index < -0.39 is 5.97 Å². The smallest absolute Gasteiger partial charge is 0.343 e. The number of aromatic amines is 1. The van der Waals surface area contributed by atoms with Gasteiger partial charge in [0.1, 0.15) is 16.8 Å². The molecule has 6 heteroatoms. The van der Waals surface area contributed by atoms with E-state index in [9.17, 15) is 9.59 Å². The number of carbonyl (C=O) groups is 1. The maximum absolute atomic E-state index is 12.2. The lowest BCUT2D eigenvalue weighted by Crippen LogP contribution is -2.18. The minimum atomic E-state index is -0.627. The van der Waals surface area contributed by atoms with Gasteiger partial charge in [0.2, 0.25) is 5.43 Å². The number of pyridine rings is 1. The van der Waals surface area contributed by atoms with Crippen molar-refractivity contribution in [3.63, 3.8) is 0 Å². The first-order valence-corrected chi connectivity index (χ1v) is 6.81. The van der Waals surface area contributed by atoms with Gasteiger partial charge in [0.25, 0.3) is 0 Å². The highest BCUT2D eigenvalue weighted by atomic mass is 79.9. The molecule has 1 aromatic carbocycles. The number of hydrogen-bond acceptors (Lipinski definition) is 4. The van der Waals surface area contributed by atoms with Gasteiger partial charge < -0.3 is 14.5 Å². The number of benzene rings is 1. The number of esters is 1. The van der Waals surface area contributed by atoms with Crippen LogP contribution >= 0.6 is 15.9 Å². The minimum absolute atomic E-state index is 0.00894. The predicted octanol–water partition coefficient (Wildman–Crippen LogP) is 2.44. The lowest BCUT2D eigenvalue weighted by atomic mass is 10.1. The second-order valence-electron chi connectivity index (χ2n) is 3.68. The van der Waals surface area contributed by atoms with Gasteiger partial charge in [-0.25, -0.2) is 4.79 Å². The Labute approximate surface area is 117 Å². The van der Waals surface area contributed by atoms with E-state index in [2.05, 4.69) is 20.9 Å². The van der Waals surface area contributed by atoms with Crippen molar-refractivity contribution in [1.29, 1.82) is 0 Å². The summed E-state index contributed by atoms with van der Waals surface area (Å²) >= 11 is 3.16. The Balaban J connectivity index is 2.60. The second kappa shape index (κ2) is 5.88. The van der Waals surface area contributed by atoms with Crippen LogP contribution < -0.4 is 10.2 Å². The molecule has 2 rings (SSSR count). The third kappa shape index (κ3) is 2.63. The van der Waals surface area contributed by atoms with Crippen LogP contribution in [0.15, 0.2) is 29.2 Å². The van der Waals surface area contributed by atoms with E-state index in [-0.39, 0.29) is 17.6 Å². The topological polar surface area (TPSA) is 68.4 Å². The Morgan fingerprint density at radius 3 is 2.89 bits per heavy atom. The molecule has 100 valence electrons. The third-order valence-electron chi connectivity index (χ3n) is 2.58. The molecule has 0 unspecified atom stereocenters. The number of H-pyrrole nitrogens is 1. The number of para-hydroxylation sites is 1. The molecule has 0 aliphatic rings. The van der Waals surface area contributed by atoms with Gasteiger partial charge in [0.05, 0.1) is 17.5 Å². The number of ether oxygens (including phenoxy) is 2. The average Bonchev–Trinajstić information content (AvgIpc) is 2.40. The minimum Gasteiger partial charge on any atom is -0.480 e. The molecule has 5 nitrogen and oxygen atoms in total. The third-order valence-corrected chi connectivity index (χ3v) is 2.81. The van der Waals surface area contributed by atoms with Crippen LogP contribution in [0.3, 0.4) is 0 Å². The Hall–Kier alpha value is -1.82. The van der Waals surface area contributed by atoms with E-state index in [0.717, 1.165) is 0 Å². The Kier molecular flexibility index (Phi) is 4.21. The molecule has 0 fully saturated rings. The molecule has 1 heterocycles. The van der Waals surface area contributed by atoms with Crippen LogP contribution in [-0.2, 0) is 4.74 Å². The summed E-state index contributed by atoms with van der Waals surface area (Å²) in [6.07, 6.45) is 1.35. The first-order chi connectivity index (χ1) is 9.19. The van der Waals surface area contributed by atoms with Crippen molar-refractivity contribution in [2.45, 2.75) is 6.92 Å². The van der Waals surface area contributed by atoms with Crippen molar-refractivity contribution in [3.8, 4) is 5.75 Å². The van der Waals surface area contributed by atoms with Crippen LogP contribution in [0.5, 0.6) is 5.75 Å². The van der Waals surface area contributed by atoms with Crippen LogP contribution in [0.1, 0.15) is 17.3 Å². The zero-order valence-corrected chi connectivity index (χ0v) is 11.8. The average molecular weight is 326 g/mol. The summed E-state index contributed by atoms with van der Waals surface area (Å²) in [5, 5.41) is 0.393. The number of aromatic nitrogens is 1. The maximum atomic E-state index is 12.2. The maximum Gasteiger partial charge on any atom is 0.343 e. The number of nitrogens with one attached hydrogen (secondary N) is 1. The van der Waals surface area contributed by atoms with Gasteiger partial charge in [-0.3, -0.25) is 4.79 Å². The first-order valence-electron chi connectivity index (χ1n) is 5.69. The molecule has 0 aliphatic carbocycles. The van der Waals surface area contributed by atoms with Gasteiger partial charge in [-0.2, -0.15) is 0 Å². The highest BCUT2D eigenvalue weighted by Crippen LogP contribution is 2.22. The molecule has 19 heavy (non-hydrogen) atoms. The Morgan fingerprint density at radius 2 is 2.21 bits per heavy atom. The summed E-state index contributed by atoms with van der Waals surface area (Å²) < 4.78 is 10.2. The van der Waals surface area contributed by atoms with E-state index in [4.69, 9.17) is 9.47 Å². The normalized spacial score (nSPS) is 10.4. The Morgan fingerprint density at radius 1 is 1.42 bits per heavy atom. The summed E-state index contributed by atoms with van der Waals surface area (Å²) in [6, 6.07) is 5.08. The highest BCUT2D eigenvalue weighted by molar-refractivity contribution is 9.09. The van der Waals surface area contributed by atoms with Crippen molar-refractivity contribution >= 4 is 32.8 Å². The molecule has 2 aromatic rings. The molecular weight excluding hydrogens is 314 g/mol. The molecule has 0 radical (unpaired) electrons. The molecule has 0 atom stereocenters. The van der Waals surface area contributed by atoms with E-state index >= 15 is 0 Å². The summed E-state index contributed by atoms with van der Waals surface area (Å²) in [7, 11) is 0. The predicted molar refractivity (Wildman–Crippen MR) is 74.9 cm³/mol. The van der Waals surface area contributed by atoms with Crippen LogP contribution in [0, 0.1) is 0 Å². The van der Waals surface area contributed by atoms with Crippen molar-refractivity contribution in [1.82, 2.24) is 4.98 Å². The van der Waals surface area contributed by atoms with Gasteiger partial charge in [0, 0.05) is 6.20 Å².